The molecule has 32 heavy (non-hydrogen) atoms. The van der Waals surface area contributed by atoms with Gasteiger partial charge < -0.3 is 20.9 Å². The van der Waals surface area contributed by atoms with E-state index in [2.05, 4.69) is 34.2 Å². The number of aryl methyl sites for hydroxylation is 2. The Labute approximate surface area is 186 Å². The highest BCUT2D eigenvalue weighted by Crippen LogP contribution is 2.34. The molecule has 8 nitrogen and oxygen atoms in total. The molecule has 4 aromatic rings. The van der Waals surface area contributed by atoms with Gasteiger partial charge in [0.1, 0.15) is 15.9 Å². The second kappa shape index (κ2) is 11.2. The SMILES string of the molecule is Nc1c(O)cc(S(=O)(=O)[O-])c2ccccc12.O.c1cc(CCCc2cc[nH+]cc2)ccn1. The number of hydrogen-bond donors (Lipinski definition) is 2. The Bertz CT molecular complexity index is 1210. The van der Waals surface area contributed by atoms with Gasteiger partial charge in [0.15, 0.2) is 12.4 Å². The first-order valence-corrected chi connectivity index (χ1v) is 11.1. The average molecular weight is 456 g/mol. The summed E-state index contributed by atoms with van der Waals surface area (Å²) in [5.74, 6) is -0.409. The van der Waals surface area contributed by atoms with Gasteiger partial charge in [-0.25, -0.2) is 13.4 Å². The zero-order valence-corrected chi connectivity index (χ0v) is 18.0. The van der Waals surface area contributed by atoms with E-state index in [0.717, 1.165) is 18.9 Å². The summed E-state index contributed by atoms with van der Waals surface area (Å²) in [5.41, 5.74) is 8.40. The number of phenolic OH excluding ortho intramolecular Hbond substituents is 1. The molecule has 0 fully saturated rings. The van der Waals surface area contributed by atoms with Crippen LogP contribution in [0.4, 0.5) is 5.69 Å². The van der Waals surface area contributed by atoms with Gasteiger partial charge in [0.25, 0.3) is 0 Å². The van der Waals surface area contributed by atoms with Crippen molar-refractivity contribution in [3.8, 4) is 5.75 Å². The van der Waals surface area contributed by atoms with Gasteiger partial charge in [-0.05, 0) is 42.5 Å². The van der Waals surface area contributed by atoms with Gasteiger partial charge in [-0.1, -0.05) is 24.3 Å². The second-order valence-electron chi connectivity index (χ2n) is 6.92. The number of anilines is 1. The van der Waals surface area contributed by atoms with Crippen molar-refractivity contribution >= 4 is 26.6 Å². The normalized spacial score (nSPS) is 10.7. The largest absolute Gasteiger partial charge is 0.744 e. The summed E-state index contributed by atoms with van der Waals surface area (Å²) < 4.78 is 33.0. The molecule has 0 bridgehead atoms. The lowest BCUT2D eigenvalue weighted by atomic mass is 10.1. The first-order chi connectivity index (χ1) is 14.9. The molecule has 2 heterocycles. The number of H-pyrrole nitrogens is 1. The lowest BCUT2D eigenvalue weighted by molar-refractivity contribution is -0.378. The molecular weight excluding hydrogens is 430 g/mol. The van der Waals surface area contributed by atoms with E-state index in [4.69, 9.17) is 5.73 Å². The second-order valence-corrected chi connectivity index (χ2v) is 8.27. The summed E-state index contributed by atoms with van der Waals surface area (Å²) in [7, 11) is -4.63. The summed E-state index contributed by atoms with van der Waals surface area (Å²) in [4.78, 5) is 6.58. The molecule has 9 heteroatoms. The van der Waals surface area contributed by atoms with Crippen LogP contribution in [0.5, 0.6) is 5.75 Å². The highest BCUT2D eigenvalue weighted by Gasteiger charge is 2.12. The third-order valence-corrected chi connectivity index (χ3v) is 5.64. The van der Waals surface area contributed by atoms with Crippen LogP contribution < -0.4 is 10.7 Å². The molecule has 0 spiro atoms. The predicted octanol–water partition coefficient (Wildman–Crippen LogP) is 2.28. The Morgan fingerprint density at radius 2 is 1.50 bits per heavy atom. The van der Waals surface area contributed by atoms with Crippen LogP contribution in [-0.4, -0.2) is 28.5 Å². The number of nitrogens with one attached hydrogen (secondary N) is 1. The zero-order chi connectivity index (χ0) is 22.3. The Kier molecular flexibility index (Phi) is 8.65. The van der Waals surface area contributed by atoms with E-state index >= 15 is 0 Å². The van der Waals surface area contributed by atoms with Crippen molar-refractivity contribution in [3.05, 3.63) is 90.5 Å². The number of rotatable bonds is 5. The quantitative estimate of drug-likeness (QED) is 0.266. The maximum Gasteiger partial charge on any atom is 0.167 e. The number of aromatic amines is 1. The molecule has 0 aliphatic heterocycles. The molecule has 0 aliphatic carbocycles. The lowest BCUT2D eigenvalue weighted by Gasteiger charge is -2.13. The third-order valence-electron chi connectivity index (χ3n) is 4.76. The number of nitrogens with zero attached hydrogens (tertiary/aromatic N) is 1. The number of nitrogens with two attached hydrogens (primary N) is 1. The van der Waals surface area contributed by atoms with Gasteiger partial charge in [-0.2, -0.15) is 0 Å². The van der Waals surface area contributed by atoms with Crippen LogP contribution in [0.2, 0.25) is 0 Å². The number of benzene rings is 2. The van der Waals surface area contributed by atoms with Crippen LogP contribution >= 0.6 is 0 Å². The number of fused-ring (bicyclic) bond motifs is 1. The zero-order valence-electron chi connectivity index (χ0n) is 17.2. The molecule has 0 radical (unpaired) electrons. The highest BCUT2D eigenvalue weighted by atomic mass is 32.2. The first kappa shape index (κ1) is 24.7. The number of aromatic hydroxyl groups is 1. The van der Waals surface area contributed by atoms with Gasteiger partial charge in [0.05, 0.1) is 10.6 Å². The minimum absolute atomic E-state index is 0. The van der Waals surface area contributed by atoms with Gasteiger partial charge >= 0.3 is 0 Å². The minimum Gasteiger partial charge on any atom is -0.744 e. The van der Waals surface area contributed by atoms with Gasteiger partial charge in [0.2, 0.25) is 0 Å². The number of hydrogen-bond acceptors (Lipinski definition) is 6. The number of pyridine rings is 2. The van der Waals surface area contributed by atoms with Crippen molar-refractivity contribution in [2.24, 2.45) is 0 Å². The van der Waals surface area contributed by atoms with Crippen LogP contribution in [-0.2, 0) is 23.0 Å². The van der Waals surface area contributed by atoms with Crippen LogP contribution in [0.25, 0.3) is 10.8 Å². The van der Waals surface area contributed by atoms with Gasteiger partial charge in [-0.15, -0.1) is 0 Å². The summed E-state index contributed by atoms with van der Waals surface area (Å²) in [6.45, 7) is 0. The molecular formula is C23H25N3O5S. The molecule has 2 aromatic heterocycles. The van der Waals surface area contributed by atoms with E-state index in [1.807, 2.05) is 24.8 Å². The van der Waals surface area contributed by atoms with Crippen LogP contribution in [0.1, 0.15) is 17.5 Å². The van der Waals surface area contributed by atoms with Crippen LogP contribution in [0.3, 0.4) is 0 Å². The van der Waals surface area contributed by atoms with Crippen molar-refractivity contribution in [1.29, 1.82) is 0 Å². The fourth-order valence-corrected chi connectivity index (χ4v) is 3.89. The Morgan fingerprint density at radius 3 is 2.09 bits per heavy atom. The molecule has 168 valence electrons. The van der Waals surface area contributed by atoms with Gasteiger partial charge in [0, 0.05) is 41.4 Å². The fraction of sp³-hybridized carbons (Fsp3) is 0.130. The Balaban J connectivity index is 0.000000220. The fourth-order valence-electron chi connectivity index (χ4n) is 3.19. The van der Waals surface area contributed by atoms with E-state index < -0.39 is 20.8 Å². The lowest BCUT2D eigenvalue weighted by Crippen LogP contribution is -2.01. The highest BCUT2D eigenvalue weighted by molar-refractivity contribution is 7.86. The molecule has 0 atom stereocenters. The van der Waals surface area contributed by atoms with Gasteiger partial charge in [-0.3, -0.25) is 4.98 Å². The van der Waals surface area contributed by atoms with Crippen molar-refractivity contribution < 1.29 is 28.5 Å². The Morgan fingerprint density at radius 1 is 0.938 bits per heavy atom. The summed E-state index contributed by atoms with van der Waals surface area (Å²) in [6.07, 6.45) is 11.1. The van der Waals surface area contributed by atoms with E-state index in [-0.39, 0.29) is 16.5 Å². The Hall–Kier alpha value is -3.53. The van der Waals surface area contributed by atoms with Crippen molar-refractivity contribution in [3.63, 3.8) is 0 Å². The van der Waals surface area contributed by atoms with Crippen molar-refractivity contribution in [1.82, 2.24) is 4.98 Å². The molecule has 0 amide bonds. The first-order valence-electron chi connectivity index (χ1n) is 9.66. The minimum atomic E-state index is -4.63. The van der Waals surface area contributed by atoms with E-state index in [1.165, 1.54) is 23.6 Å². The molecule has 2 aromatic carbocycles. The third kappa shape index (κ3) is 6.48. The number of aromatic nitrogens is 2. The topological polar surface area (TPSA) is 162 Å². The standard InChI is InChI=1S/C13H14N2.C10H9NO4S.H2O/c1(2-12-4-8-14-9-5-12)3-13-6-10-15-11-7-13;11-10-7-4-2-1-3-6(7)9(5-8(10)12)16(13,14)15;/h4-11H,1-3H2;1-5,12H,11H2,(H,13,14,15);1H2. The molecule has 0 unspecified atom stereocenters. The number of nitrogen functional groups attached to an aromatic ring is 1. The monoisotopic (exact) mass is 455 g/mol. The molecule has 0 saturated heterocycles. The smallest absolute Gasteiger partial charge is 0.167 e. The molecule has 4 rings (SSSR count). The number of phenols is 1. The average Bonchev–Trinajstić information content (AvgIpc) is 2.77. The molecule has 6 N–H and O–H groups in total. The maximum atomic E-state index is 11.0. The van der Waals surface area contributed by atoms with Crippen molar-refractivity contribution in [2.75, 3.05) is 5.73 Å². The van der Waals surface area contributed by atoms with E-state index in [0.29, 0.717) is 5.39 Å². The van der Waals surface area contributed by atoms with E-state index in [1.54, 1.807) is 18.2 Å². The summed E-state index contributed by atoms with van der Waals surface area (Å²) >= 11 is 0. The van der Waals surface area contributed by atoms with Crippen molar-refractivity contribution in [2.45, 2.75) is 24.2 Å². The maximum absolute atomic E-state index is 11.0. The summed E-state index contributed by atoms with van der Waals surface area (Å²) in [5, 5.41) is 9.99. The van der Waals surface area contributed by atoms with Crippen LogP contribution in [0.15, 0.2) is 84.3 Å². The van der Waals surface area contributed by atoms with Crippen LogP contribution in [0, 0.1) is 0 Å². The molecule has 0 aliphatic rings. The summed E-state index contributed by atoms with van der Waals surface area (Å²) in [6, 6.07) is 15.5. The van der Waals surface area contributed by atoms with E-state index in [9.17, 15) is 18.1 Å². The molecule has 0 saturated carbocycles. The predicted molar refractivity (Wildman–Crippen MR) is 121 cm³/mol.